The Bertz CT molecular complexity index is 680. The van der Waals surface area contributed by atoms with E-state index in [1.165, 1.54) is 10.9 Å². The Morgan fingerprint density at radius 2 is 2.12 bits per heavy atom. The van der Waals surface area contributed by atoms with Crippen LogP contribution in [0.4, 0.5) is 0 Å². The molecule has 0 bridgehead atoms. The fourth-order valence-electron chi connectivity index (χ4n) is 2.77. The fourth-order valence-corrected chi connectivity index (χ4v) is 2.77. The minimum atomic E-state index is -1.08. The second-order valence-corrected chi connectivity index (χ2v) is 5.82. The molecule has 1 aliphatic rings. The van der Waals surface area contributed by atoms with E-state index in [1.807, 2.05) is 30.3 Å². The summed E-state index contributed by atoms with van der Waals surface area (Å²) in [6, 6.07) is 9.83. The van der Waals surface area contributed by atoms with Gasteiger partial charge in [-0.1, -0.05) is 30.3 Å². The lowest BCUT2D eigenvalue weighted by Gasteiger charge is -2.23. The van der Waals surface area contributed by atoms with Crippen molar-refractivity contribution in [1.29, 1.82) is 0 Å². The summed E-state index contributed by atoms with van der Waals surface area (Å²) in [6.07, 6.45) is 3.82. The Labute approximate surface area is 146 Å². The molecular formula is C18H22N2O5. The molecule has 1 aromatic carbocycles. The molecule has 2 aromatic rings. The summed E-state index contributed by atoms with van der Waals surface area (Å²) in [4.78, 5) is 11.6. The van der Waals surface area contributed by atoms with E-state index < -0.39 is 5.97 Å². The van der Waals surface area contributed by atoms with Crippen LogP contribution >= 0.6 is 0 Å². The average molecular weight is 346 g/mol. The number of hydrogen-bond donors (Lipinski definition) is 1. The Morgan fingerprint density at radius 1 is 1.28 bits per heavy atom. The van der Waals surface area contributed by atoms with Crippen molar-refractivity contribution >= 4 is 5.97 Å². The molecule has 0 saturated carbocycles. The van der Waals surface area contributed by atoms with Crippen molar-refractivity contribution in [2.45, 2.75) is 32.1 Å². The van der Waals surface area contributed by atoms with Gasteiger partial charge in [-0.2, -0.15) is 5.10 Å². The van der Waals surface area contributed by atoms with Crippen LogP contribution in [0.25, 0.3) is 0 Å². The van der Waals surface area contributed by atoms with Crippen molar-refractivity contribution in [3.05, 3.63) is 47.8 Å². The third-order valence-electron chi connectivity index (χ3n) is 3.99. The highest BCUT2D eigenvalue weighted by molar-refractivity contribution is 5.88. The maximum atomic E-state index is 11.6. The molecule has 25 heavy (non-hydrogen) atoms. The number of ether oxygens (including phenoxy) is 3. The molecule has 1 atom stereocenters. The summed E-state index contributed by atoms with van der Waals surface area (Å²) in [5.74, 6) is -0.836. The Hall–Kier alpha value is -2.38. The number of benzene rings is 1. The quantitative estimate of drug-likeness (QED) is 0.740. The van der Waals surface area contributed by atoms with Crippen molar-refractivity contribution < 1.29 is 24.1 Å². The predicted octanol–water partition coefficient (Wildman–Crippen LogP) is 2.88. The number of nitrogens with zero attached hydrogens (tertiary/aromatic N) is 2. The zero-order valence-corrected chi connectivity index (χ0v) is 14.0. The summed E-state index contributed by atoms with van der Waals surface area (Å²) in [5, 5.41) is 13.6. The molecule has 0 spiro atoms. The first-order valence-corrected chi connectivity index (χ1v) is 8.42. The van der Waals surface area contributed by atoms with Gasteiger partial charge in [-0.3, -0.25) is 0 Å². The third-order valence-corrected chi connectivity index (χ3v) is 3.99. The Morgan fingerprint density at radius 3 is 2.84 bits per heavy atom. The van der Waals surface area contributed by atoms with Crippen molar-refractivity contribution in [3.8, 4) is 5.75 Å². The van der Waals surface area contributed by atoms with E-state index in [0.29, 0.717) is 19.8 Å². The normalized spacial score (nSPS) is 17.4. The van der Waals surface area contributed by atoms with Crippen molar-refractivity contribution in [2.75, 3.05) is 19.8 Å². The molecule has 1 fully saturated rings. The van der Waals surface area contributed by atoms with Crippen LogP contribution in [0.3, 0.4) is 0 Å². The molecule has 1 aliphatic heterocycles. The molecule has 7 heteroatoms. The maximum absolute atomic E-state index is 11.6. The van der Waals surface area contributed by atoms with E-state index in [9.17, 15) is 9.90 Å². The van der Waals surface area contributed by atoms with Crippen LogP contribution < -0.4 is 4.74 Å². The number of hydrogen-bond acceptors (Lipinski definition) is 5. The molecule has 0 radical (unpaired) electrons. The van der Waals surface area contributed by atoms with Gasteiger partial charge in [-0.05, 0) is 24.8 Å². The van der Waals surface area contributed by atoms with Crippen molar-refractivity contribution in [3.63, 3.8) is 0 Å². The molecular weight excluding hydrogens is 324 g/mol. The van der Waals surface area contributed by atoms with Gasteiger partial charge in [0.15, 0.2) is 17.7 Å². The standard InChI is InChI=1S/C18H22N2O5/c21-18(22)17-15(12-19-20(17)16-8-4-5-9-25-16)24-11-10-23-13-14-6-2-1-3-7-14/h1-3,6-7,12,16H,4-5,8-11,13H2,(H,21,22). The average Bonchev–Trinajstić information content (AvgIpc) is 3.07. The third kappa shape index (κ3) is 4.58. The van der Waals surface area contributed by atoms with E-state index in [2.05, 4.69) is 5.10 Å². The Kier molecular flexibility index (Phi) is 6.03. The molecule has 0 amide bonds. The number of carboxylic acids is 1. The van der Waals surface area contributed by atoms with Crippen LogP contribution in [-0.4, -0.2) is 40.7 Å². The van der Waals surface area contributed by atoms with Crippen LogP contribution in [0, 0.1) is 0 Å². The van der Waals surface area contributed by atoms with Gasteiger partial charge >= 0.3 is 5.97 Å². The van der Waals surface area contributed by atoms with Crippen LogP contribution in [-0.2, 0) is 16.1 Å². The number of aromatic carboxylic acids is 1. The van der Waals surface area contributed by atoms with E-state index >= 15 is 0 Å². The number of rotatable bonds is 8. The minimum Gasteiger partial charge on any atom is -0.487 e. The van der Waals surface area contributed by atoms with Crippen LogP contribution in [0.1, 0.15) is 41.5 Å². The van der Waals surface area contributed by atoms with Gasteiger partial charge in [0.25, 0.3) is 0 Å². The molecule has 0 aliphatic carbocycles. The van der Waals surface area contributed by atoms with Gasteiger partial charge in [0.05, 0.1) is 19.4 Å². The first-order chi connectivity index (χ1) is 12.3. The molecule has 134 valence electrons. The summed E-state index contributed by atoms with van der Waals surface area (Å²) >= 11 is 0. The lowest BCUT2D eigenvalue weighted by molar-refractivity contribution is -0.0414. The van der Waals surface area contributed by atoms with Crippen molar-refractivity contribution in [1.82, 2.24) is 9.78 Å². The minimum absolute atomic E-state index is 0.0231. The van der Waals surface area contributed by atoms with Gasteiger partial charge in [0, 0.05) is 6.61 Å². The van der Waals surface area contributed by atoms with E-state index in [0.717, 1.165) is 24.8 Å². The first-order valence-electron chi connectivity index (χ1n) is 8.42. The monoisotopic (exact) mass is 346 g/mol. The molecule has 1 aromatic heterocycles. The van der Waals surface area contributed by atoms with Crippen LogP contribution in [0.5, 0.6) is 5.75 Å². The predicted molar refractivity (Wildman–Crippen MR) is 89.6 cm³/mol. The van der Waals surface area contributed by atoms with Crippen LogP contribution in [0.15, 0.2) is 36.5 Å². The highest BCUT2D eigenvalue weighted by Gasteiger charge is 2.26. The smallest absolute Gasteiger partial charge is 0.358 e. The second-order valence-electron chi connectivity index (χ2n) is 5.82. The summed E-state index contributed by atoms with van der Waals surface area (Å²) < 4.78 is 18.1. The zero-order valence-electron chi connectivity index (χ0n) is 14.0. The van der Waals surface area contributed by atoms with Crippen molar-refractivity contribution in [2.24, 2.45) is 0 Å². The number of aromatic nitrogens is 2. The largest absolute Gasteiger partial charge is 0.487 e. The lowest BCUT2D eigenvalue weighted by atomic mass is 10.2. The van der Waals surface area contributed by atoms with Gasteiger partial charge in [0.1, 0.15) is 6.61 Å². The number of carboxylic acid groups (broad SMARTS) is 1. The van der Waals surface area contributed by atoms with Gasteiger partial charge in [-0.15, -0.1) is 0 Å². The SMILES string of the molecule is O=C(O)c1c(OCCOCc2ccccc2)cnn1C1CCCCO1. The Balaban J connectivity index is 1.53. The molecule has 1 N–H and O–H groups in total. The van der Waals surface area contributed by atoms with Gasteiger partial charge < -0.3 is 19.3 Å². The summed E-state index contributed by atoms with van der Waals surface area (Å²) in [6.45, 7) is 1.72. The molecule has 2 heterocycles. The van der Waals surface area contributed by atoms with Crippen LogP contribution in [0.2, 0.25) is 0 Å². The maximum Gasteiger partial charge on any atom is 0.358 e. The molecule has 1 unspecified atom stereocenters. The fraction of sp³-hybridized carbons (Fsp3) is 0.444. The molecule has 1 saturated heterocycles. The first kappa shape index (κ1) is 17.4. The van der Waals surface area contributed by atoms with E-state index in [1.54, 1.807) is 0 Å². The second kappa shape index (κ2) is 8.64. The van der Waals surface area contributed by atoms with E-state index in [-0.39, 0.29) is 24.3 Å². The number of carbonyl (C=O) groups is 1. The zero-order chi connectivity index (χ0) is 17.5. The molecule has 3 rings (SSSR count). The summed E-state index contributed by atoms with van der Waals surface area (Å²) in [5.41, 5.74) is 1.10. The lowest BCUT2D eigenvalue weighted by Crippen LogP contribution is -2.23. The van der Waals surface area contributed by atoms with Gasteiger partial charge in [-0.25, -0.2) is 9.48 Å². The van der Waals surface area contributed by atoms with Gasteiger partial charge in [0.2, 0.25) is 0 Å². The topological polar surface area (TPSA) is 82.8 Å². The highest BCUT2D eigenvalue weighted by atomic mass is 16.5. The summed E-state index contributed by atoms with van der Waals surface area (Å²) in [7, 11) is 0. The molecule has 7 nitrogen and oxygen atoms in total. The van der Waals surface area contributed by atoms with E-state index in [4.69, 9.17) is 14.2 Å². The highest BCUT2D eigenvalue weighted by Crippen LogP contribution is 2.27.